The number of anilines is 3. The molecule has 3 rings (SSSR count). The highest BCUT2D eigenvalue weighted by atomic mass is 16.6. The molecular weight excluding hydrogens is 367 g/mol. The Kier molecular flexibility index (Phi) is 5.80. The molecule has 11 nitrogen and oxygen atoms in total. The number of benzene rings is 1. The van der Waals surface area contributed by atoms with E-state index < -0.39 is 23.7 Å². The molecule has 1 amide bonds. The highest BCUT2D eigenvalue weighted by molar-refractivity contribution is 6.53. The first-order valence-electron chi connectivity index (χ1n) is 8.76. The maximum absolute atomic E-state index is 12.6. The largest absolute Gasteiger partial charge is 0.433 e. The van der Waals surface area contributed by atoms with Crippen LogP contribution in [0.3, 0.4) is 0 Å². The number of aromatic nitrogens is 2. The van der Waals surface area contributed by atoms with E-state index in [-0.39, 0.29) is 5.69 Å². The Bertz CT molecular complexity index is 880. The van der Waals surface area contributed by atoms with Crippen molar-refractivity contribution in [1.82, 2.24) is 9.78 Å². The first-order valence-corrected chi connectivity index (χ1v) is 8.76. The minimum atomic E-state index is -0.839. The highest BCUT2D eigenvalue weighted by Crippen LogP contribution is 2.29. The summed E-state index contributed by atoms with van der Waals surface area (Å²) in [5, 5.41) is 29.9. The minimum Gasteiger partial charge on any atom is -0.433 e. The number of nitrogens with one attached hydrogen (secondary N) is 2. The van der Waals surface area contributed by atoms with Crippen LogP contribution in [0.25, 0.3) is 0 Å². The molecule has 3 N–H and O–H groups in total. The van der Waals surface area contributed by atoms with Crippen LogP contribution < -0.4 is 15.4 Å². The summed E-state index contributed by atoms with van der Waals surface area (Å²) in [6.07, 6.45) is 0. The summed E-state index contributed by atoms with van der Waals surface area (Å²) in [5.74, 6) is -0.950. The lowest BCUT2D eigenvalue weighted by molar-refractivity contribution is -0.389. The molecule has 0 bridgehead atoms. The van der Waals surface area contributed by atoms with E-state index in [0.29, 0.717) is 24.6 Å². The van der Waals surface area contributed by atoms with Crippen LogP contribution in [0.15, 0.2) is 24.3 Å². The molecule has 0 unspecified atom stereocenters. The van der Waals surface area contributed by atoms with Crippen LogP contribution in [0, 0.1) is 10.1 Å². The number of amides is 1. The smallest absolute Gasteiger partial charge is 0.406 e. The molecule has 0 radical (unpaired) electrons. The van der Waals surface area contributed by atoms with Gasteiger partial charge in [-0.25, -0.2) is 0 Å². The Morgan fingerprint density at radius 2 is 2.04 bits per heavy atom. The quantitative estimate of drug-likeness (QED) is 0.378. The number of hydrogen-bond acceptors (Lipinski definition) is 8. The van der Waals surface area contributed by atoms with E-state index in [9.17, 15) is 19.9 Å². The van der Waals surface area contributed by atoms with Gasteiger partial charge in [-0.05, 0) is 29.9 Å². The number of rotatable bonds is 6. The van der Waals surface area contributed by atoms with Crippen LogP contribution >= 0.6 is 0 Å². The molecule has 148 valence electrons. The van der Waals surface area contributed by atoms with Gasteiger partial charge in [0, 0.05) is 24.5 Å². The zero-order valence-corrected chi connectivity index (χ0v) is 15.6. The fraction of sp³-hybridized carbons (Fsp3) is 0.375. The third-order valence-corrected chi connectivity index (χ3v) is 4.28. The maximum atomic E-state index is 12.6. The van der Waals surface area contributed by atoms with Crippen molar-refractivity contribution < 1.29 is 19.5 Å². The molecule has 0 spiro atoms. The lowest BCUT2D eigenvalue weighted by Crippen LogP contribution is -2.36. The van der Waals surface area contributed by atoms with Crippen molar-refractivity contribution in [3.05, 3.63) is 40.1 Å². The molecule has 1 aromatic heterocycles. The third kappa shape index (κ3) is 4.40. The van der Waals surface area contributed by atoms with Crippen LogP contribution in [0.4, 0.5) is 22.9 Å². The monoisotopic (exact) mass is 388 g/mol. The van der Waals surface area contributed by atoms with E-state index in [1.165, 1.54) is 7.05 Å². The summed E-state index contributed by atoms with van der Waals surface area (Å²) < 4.78 is 6.51. The summed E-state index contributed by atoms with van der Waals surface area (Å²) >= 11 is 0. The van der Waals surface area contributed by atoms with Crippen molar-refractivity contribution >= 4 is 35.8 Å². The Morgan fingerprint density at radius 3 is 2.64 bits per heavy atom. The van der Waals surface area contributed by atoms with Gasteiger partial charge in [-0.1, -0.05) is 0 Å². The van der Waals surface area contributed by atoms with Gasteiger partial charge in [0.05, 0.1) is 37.1 Å². The van der Waals surface area contributed by atoms with E-state index in [1.54, 1.807) is 12.9 Å². The number of hydrogen-bond donors (Lipinski definition) is 3. The molecule has 28 heavy (non-hydrogen) atoms. The average molecular weight is 388 g/mol. The van der Waals surface area contributed by atoms with Crippen molar-refractivity contribution in [1.29, 1.82) is 0 Å². The number of carbonyl (C=O) groups excluding carboxylic acids is 1. The van der Waals surface area contributed by atoms with Crippen LogP contribution in [-0.4, -0.2) is 59.0 Å². The molecule has 1 aliphatic heterocycles. The maximum Gasteiger partial charge on any atom is 0.406 e. The van der Waals surface area contributed by atoms with Crippen LogP contribution in [-0.2, 0) is 11.8 Å². The van der Waals surface area contributed by atoms with Crippen LogP contribution in [0.1, 0.15) is 10.5 Å². The van der Waals surface area contributed by atoms with Crippen molar-refractivity contribution in [3.63, 3.8) is 0 Å². The van der Waals surface area contributed by atoms with Crippen molar-refractivity contribution in [3.8, 4) is 0 Å². The minimum absolute atomic E-state index is 0.0481. The van der Waals surface area contributed by atoms with Crippen molar-refractivity contribution in [2.45, 2.75) is 6.82 Å². The zero-order chi connectivity index (χ0) is 20.3. The number of nitrogens with zero attached hydrogens (tertiary/aromatic N) is 4. The Labute approximate surface area is 161 Å². The molecule has 0 aliphatic carbocycles. The third-order valence-electron chi connectivity index (χ3n) is 4.28. The van der Waals surface area contributed by atoms with Gasteiger partial charge < -0.3 is 35.3 Å². The molecule has 1 aliphatic rings. The lowest BCUT2D eigenvalue weighted by atomic mass is 9.88. The van der Waals surface area contributed by atoms with E-state index in [2.05, 4.69) is 20.5 Å². The second kappa shape index (κ2) is 8.27. The van der Waals surface area contributed by atoms with E-state index >= 15 is 0 Å². The normalized spacial score (nSPS) is 13.9. The zero-order valence-electron chi connectivity index (χ0n) is 15.6. The van der Waals surface area contributed by atoms with E-state index in [4.69, 9.17) is 4.74 Å². The summed E-state index contributed by atoms with van der Waals surface area (Å²) in [5.41, 5.74) is 1.95. The first-order chi connectivity index (χ1) is 13.3. The molecule has 2 heterocycles. The standard InChI is InChI=1S/C16H21BN6O5/c1-17(25)19-13-9-11(22-5-7-28-8-6-22)3-4-12(13)18-16(24)14-10-15(23(26)27)20-21(14)2/h3-4,9-10,19,25H,5-8H2,1-2H3,(H,18,24). The number of ether oxygens (including phenoxy) is 1. The van der Waals surface area contributed by atoms with E-state index in [1.807, 2.05) is 12.1 Å². The van der Waals surface area contributed by atoms with Crippen molar-refractivity contribution in [2.24, 2.45) is 7.05 Å². The first kappa shape index (κ1) is 19.6. The summed E-state index contributed by atoms with van der Waals surface area (Å²) in [6, 6.07) is 6.52. The lowest BCUT2D eigenvalue weighted by Gasteiger charge is -2.29. The van der Waals surface area contributed by atoms with Gasteiger partial charge in [0.25, 0.3) is 5.91 Å². The summed E-state index contributed by atoms with van der Waals surface area (Å²) in [4.78, 5) is 24.9. The topological polar surface area (TPSA) is 135 Å². The second-order valence-electron chi connectivity index (χ2n) is 6.37. The SMILES string of the molecule is CB(O)Nc1cc(N2CCOCC2)ccc1NC(=O)c1cc([N+](=O)[O-])nn1C. The number of nitro groups is 1. The van der Waals surface area contributed by atoms with E-state index in [0.717, 1.165) is 29.5 Å². The van der Waals surface area contributed by atoms with Gasteiger partial charge in [-0.2, -0.15) is 4.68 Å². The van der Waals surface area contributed by atoms with Gasteiger partial charge >= 0.3 is 12.9 Å². The average Bonchev–Trinajstić information content (AvgIpc) is 3.05. The molecule has 0 atom stereocenters. The van der Waals surface area contributed by atoms with Gasteiger partial charge in [-0.3, -0.25) is 4.79 Å². The summed E-state index contributed by atoms with van der Waals surface area (Å²) in [7, 11) is 0.617. The summed E-state index contributed by atoms with van der Waals surface area (Å²) in [6.45, 7) is 4.34. The Morgan fingerprint density at radius 1 is 1.32 bits per heavy atom. The number of aryl methyl sites for hydroxylation is 1. The molecule has 2 aromatic rings. The Hall–Kier alpha value is -3.12. The second-order valence-corrected chi connectivity index (χ2v) is 6.37. The molecule has 1 fully saturated rings. The van der Waals surface area contributed by atoms with Gasteiger partial charge in [0.15, 0.2) is 5.69 Å². The Balaban J connectivity index is 1.85. The van der Waals surface area contributed by atoms with Gasteiger partial charge in [0.1, 0.15) is 0 Å². The van der Waals surface area contributed by atoms with Crippen LogP contribution in [0.2, 0.25) is 6.82 Å². The molecule has 1 saturated heterocycles. The fourth-order valence-electron chi connectivity index (χ4n) is 2.94. The molecule has 12 heteroatoms. The predicted molar refractivity (Wildman–Crippen MR) is 105 cm³/mol. The van der Waals surface area contributed by atoms with Gasteiger partial charge in [0.2, 0.25) is 0 Å². The highest BCUT2D eigenvalue weighted by Gasteiger charge is 2.22. The van der Waals surface area contributed by atoms with Gasteiger partial charge in [-0.15, -0.1) is 0 Å². The fourth-order valence-corrected chi connectivity index (χ4v) is 2.94. The van der Waals surface area contributed by atoms with Crippen LogP contribution in [0.5, 0.6) is 0 Å². The van der Waals surface area contributed by atoms with Crippen molar-refractivity contribution in [2.75, 3.05) is 41.7 Å². The number of morpholine rings is 1. The predicted octanol–water partition coefficient (Wildman–Crippen LogP) is 0.939. The number of carbonyl (C=O) groups is 1. The molecular formula is C16H21BN6O5. The molecule has 0 saturated carbocycles. The molecule has 1 aromatic carbocycles.